The Morgan fingerprint density at radius 3 is 2.50 bits per heavy atom. The van der Waals surface area contributed by atoms with Gasteiger partial charge in [0.1, 0.15) is 5.75 Å². The number of nitrogens with one attached hydrogen (secondary N) is 1. The lowest BCUT2D eigenvalue weighted by molar-refractivity contribution is -0.120. The predicted molar refractivity (Wildman–Crippen MR) is 113 cm³/mol. The van der Waals surface area contributed by atoms with Gasteiger partial charge in [-0.15, -0.1) is 10.2 Å². The molecule has 1 fully saturated rings. The van der Waals surface area contributed by atoms with Crippen LogP contribution in [0.4, 0.5) is 0 Å². The number of benzene rings is 1. The number of amides is 1. The lowest BCUT2D eigenvalue weighted by atomic mass is 10.2. The Bertz CT molecular complexity index is 782. The van der Waals surface area contributed by atoms with E-state index >= 15 is 0 Å². The summed E-state index contributed by atoms with van der Waals surface area (Å²) in [5.74, 6) is 2.16. The molecule has 1 amide bonds. The minimum atomic E-state index is -0.209. The molecule has 1 heterocycles. The van der Waals surface area contributed by atoms with Crippen LogP contribution in [0, 0.1) is 5.92 Å². The van der Waals surface area contributed by atoms with Gasteiger partial charge in [-0.3, -0.25) is 4.79 Å². The van der Waals surface area contributed by atoms with E-state index in [-0.39, 0.29) is 11.2 Å². The van der Waals surface area contributed by atoms with Crippen LogP contribution >= 0.6 is 11.8 Å². The number of aromatic nitrogens is 3. The lowest BCUT2D eigenvalue weighted by Gasteiger charge is -2.17. The molecule has 3 rings (SSSR count). The molecule has 0 radical (unpaired) electrons. The predicted octanol–water partition coefficient (Wildman–Crippen LogP) is 4.15. The molecular formula is C21H30N4O2S. The van der Waals surface area contributed by atoms with Crippen molar-refractivity contribution in [2.24, 2.45) is 5.92 Å². The molecule has 1 atom stereocenters. The van der Waals surface area contributed by atoms with Crippen molar-refractivity contribution in [3.05, 3.63) is 24.3 Å². The van der Waals surface area contributed by atoms with Crippen LogP contribution in [-0.2, 0) is 11.3 Å². The van der Waals surface area contributed by atoms with E-state index in [1.54, 1.807) is 7.11 Å². The number of methoxy groups -OCH3 is 1. The molecule has 1 saturated carbocycles. The topological polar surface area (TPSA) is 69.0 Å². The molecule has 1 N–H and O–H groups in total. The van der Waals surface area contributed by atoms with Crippen molar-refractivity contribution in [1.82, 2.24) is 20.1 Å². The van der Waals surface area contributed by atoms with Crippen LogP contribution < -0.4 is 10.1 Å². The fourth-order valence-electron chi connectivity index (χ4n) is 3.46. The molecule has 0 bridgehead atoms. The minimum absolute atomic E-state index is 0.0852. The summed E-state index contributed by atoms with van der Waals surface area (Å²) < 4.78 is 7.37. The van der Waals surface area contributed by atoms with E-state index in [1.807, 2.05) is 31.2 Å². The van der Waals surface area contributed by atoms with Crippen LogP contribution in [0.5, 0.6) is 5.75 Å². The number of hydrogen-bond donors (Lipinski definition) is 1. The second kappa shape index (κ2) is 9.45. The number of carbonyl (C=O) groups excluding carboxylic acids is 1. The zero-order valence-electron chi connectivity index (χ0n) is 17.1. The molecule has 0 aliphatic heterocycles. The van der Waals surface area contributed by atoms with Crippen LogP contribution in [0.2, 0.25) is 0 Å². The van der Waals surface area contributed by atoms with Crippen molar-refractivity contribution in [2.75, 3.05) is 7.11 Å². The number of carbonyl (C=O) groups is 1. The van der Waals surface area contributed by atoms with Gasteiger partial charge in [-0.1, -0.05) is 38.5 Å². The molecule has 2 aromatic rings. The van der Waals surface area contributed by atoms with Crippen molar-refractivity contribution in [3.63, 3.8) is 0 Å². The first-order chi connectivity index (χ1) is 13.5. The molecule has 0 saturated heterocycles. The third-order valence-electron chi connectivity index (χ3n) is 4.97. The van der Waals surface area contributed by atoms with Gasteiger partial charge in [0.2, 0.25) is 5.91 Å². The fraction of sp³-hybridized carbons (Fsp3) is 0.571. The quantitative estimate of drug-likeness (QED) is 0.672. The van der Waals surface area contributed by atoms with Gasteiger partial charge in [0.05, 0.1) is 12.4 Å². The zero-order valence-corrected chi connectivity index (χ0v) is 18.0. The average molecular weight is 403 g/mol. The second-order valence-electron chi connectivity index (χ2n) is 7.79. The molecule has 1 aromatic carbocycles. The molecule has 1 unspecified atom stereocenters. The zero-order chi connectivity index (χ0) is 20.1. The number of ether oxygens (including phenoxy) is 1. The maximum Gasteiger partial charge on any atom is 0.233 e. The molecule has 1 aliphatic carbocycles. The Morgan fingerprint density at radius 2 is 1.89 bits per heavy atom. The highest BCUT2D eigenvalue weighted by Crippen LogP contribution is 2.29. The maximum atomic E-state index is 12.6. The van der Waals surface area contributed by atoms with Crippen molar-refractivity contribution in [3.8, 4) is 17.1 Å². The summed E-state index contributed by atoms with van der Waals surface area (Å²) in [6.07, 6.45) is 4.60. The Morgan fingerprint density at radius 1 is 1.21 bits per heavy atom. The fourth-order valence-corrected chi connectivity index (χ4v) is 4.33. The van der Waals surface area contributed by atoms with E-state index < -0.39 is 0 Å². The first-order valence-corrected chi connectivity index (χ1v) is 10.9. The first-order valence-electron chi connectivity index (χ1n) is 10.0. The average Bonchev–Trinajstić information content (AvgIpc) is 3.32. The Hall–Kier alpha value is -2.02. The second-order valence-corrected chi connectivity index (χ2v) is 9.10. The lowest BCUT2D eigenvalue weighted by Crippen LogP contribution is -2.37. The Kier molecular flexibility index (Phi) is 6.99. The molecular weight excluding hydrogens is 372 g/mol. The largest absolute Gasteiger partial charge is 0.497 e. The maximum absolute atomic E-state index is 12.6. The van der Waals surface area contributed by atoms with Gasteiger partial charge in [0.15, 0.2) is 11.0 Å². The molecule has 6 nitrogen and oxygen atoms in total. The number of hydrogen-bond acceptors (Lipinski definition) is 5. The SMILES string of the molecule is COc1ccc(-c2nnc(SC(C)C(=O)NC3CCCC3)n2CC(C)C)cc1. The van der Waals surface area contributed by atoms with Crippen LogP contribution in [0.3, 0.4) is 0 Å². The summed E-state index contributed by atoms with van der Waals surface area (Å²) in [4.78, 5) is 12.6. The summed E-state index contributed by atoms with van der Waals surface area (Å²) in [7, 11) is 1.66. The molecule has 28 heavy (non-hydrogen) atoms. The first kappa shape index (κ1) is 20.7. The van der Waals surface area contributed by atoms with E-state index in [0.717, 1.165) is 41.7 Å². The van der Waals surface area contributed by atoms with E-state index in [2.05, 4.69) is 33.9 Å². The third-order valence-corrected chi connectivity index (χ3v) is 6.05. The van der Waals surface area contributed by atoms with E-state index in [9.17, 15) is 4.79 Å². The van der Waals surface area contributed by atoms with E-state index in [4.69, 9.17) is 4.74 Å². The number of thioether (sulfide) groups is 1. The highest BCUT2D eigenvalue weighted by atomic mass is 32.2. The van der Waals surface area contributed by atoms with Gasteiger partial charge in [-0.25, -0.2) is 0 Å². The van der Waals surface area contributed by atoms with Gasteiger partial charge in [0.25, 0.3) is 0 Å². The monoisotopic (exact) mass is 402 g/mol. The van der Waals surface area contributed by atoms with Crippen molar-refractivity contribution in [2.45, 2.75) is 69.4 Å². The summed E-state index contributed by atoms with van der Waals surface area (Å²) >= 11 is 1.48. The van der Waals surface area contributed by atoms with Gasteiger partial charge in [-0.2, -0.15) is 0 Å². The van der Waals surface area contributed by atoms with E-state index in [1.165, 1.54) is 24.6 Å². The summed E-state index contributed by atoms with van der Waals surface area (Å²) in [5, 5.41) is 12.6. The van der Waals surface area contributed by atoms with Gasteiger partial charge in [0, 0.05) is 18.2 Å². The van der Waals surface area contributed by atoms with Gasteiger partial charge in [-0.05, 0) is 49.9 Å². The van der Waals surface area contributed by atoms with E-state index in [0.29, 0.717) is 12.0 Å². The Labute approximate surface area is 171 Å². The van der Waals surface area contributed by atoms with Crippen LogP contribution in [-0.4, -0.2) is 39.1 Å². The molecule has 7 heteroatoms. The normalized spacial score (nSPS) is 15.8. The van der Waals surface area contributed by atoms with Crippen LogP contribution in [0.25, 0.3) is 11.4 Å². The smallest absolute Gasteiger partial charge is 0.233 e. The molecule has 1 aliphatic rings. The molecule has 0 spiro atoms. The standard InChI is InChI=1S/C21H30N4O2S/c1-14(2)13-25-19(16-9-11-18(27-4)12-10-16)23-24-21(25)28-15(3)20(26)22-17-7-5-6-8-17/h9-12,14-15,17H,5-8,13H2,1-4H3,(H,22,26). The van der Waals surface area contributed by atoms with Crippen molar-refractivity contribution >= 4 is 17.7 Å². The van der Waals surface area contributed by atoms with Crippen LogP contribution in [0.1, 0.15) is 46.5 Å². The Balaban J connectivity index is 1.77. The highest BCUT2D eigenvalue weighted by Gasteiger charge is 2.24. The highest BCUT2D eigenvalue weighted by molar-refractivity contribution is 8.00. The van der Waals surface area contributed by atoms with Crippen molar-refractivity contribution < 1.29 is 9.53 Å². The number of nitrogens with zero attached hydrogens (tertiary/aromatic N) is 3. The van der Waals surface area contributed by atoms with Crippen molar-refractivity contribution in [1.29, 1.82) is 0 Å². The molecule has 1 aromatic heterocycles. The molecule has 152 valence electrons. The van der Waals surface area contributed by atoms with Gasteiger partial charge < -0.3 is 14.6 Å². The summed E-state index contributed by atoms with van der Waals surface area (Å²) in [6, 6.07) is 8.16. The van der Waals surface area contributed by atoms with Crippen LogP contribution in [0.15, 0.2) is 29.4 Å². The van der Waals surface area contributed by atoms with Gasteiger partial charge >= 0.3 is 0 Å². The third kappa shape index (κ3) is 5.07. The minimum Gasteiger partial charge on any atom is -0.497 e. The number of rotatable bonds is 8. The summed E-state index contributed by atoms with van der Waals surface area (Å²) in [6.45, 7) is 7.08. The summed E-state index contributed by atoms with van der Waals surface area (Å²) in [5.41, 5.74) is 0.990.